The Kier molecular flexibility index (Phi) is 5.01. The summed E-state index contributed by atoms with van der Waals surface area (Å²) in [5.74, 6) is 0. The second-order valence-electron chi connectivity index (χ2n) is 4.92. The summed E-state index contributed by atoms with van der Waals surface area (Å²) in [5.41, 5.74) is 1.40. The molecule has 0 amide bonds. The third kappa shape index (κ3) is 3.80. The molecule has 96 valence electrons. The molecule has 1 unspecified atom stereocenters. The van der Waals surface area contributed by atoms with Crippen LogP contribution in [-0.2, 0) is 4.74 Å². The van der Waals surface area contributed by atoms with Crippen molar-refractivity contribution in [3.63, 3.8) is 0 Å². The highest BCUT2D eigenvalue weighted by Crippen LogP contribution is 2.23. The van der Waals surface area contributed by atoms with Crippen LogP contribution in [0.25, 0.3) is 0 Å². The van der Waals surface area contributed by atoms with Crippen LogP contribution >= 0.6 is 11.3 Å². The van der Waals surface area contributed by atoms with Gasteiger partial charge >= 0.3 is 0 Å². The number of ether oxygens (including phenoxy) is 1. The number of aryl methyl sites for hydroxylation is 1. The van der Waals surface area contributed by atoms with Crippen LogP contribution in [0.2, 0.25) is 0 Å². The maximum atomic E-state index is 5.84. The highest BCUT2D eigenvalue weighted by Gasteiger charge is 2.15. The normalized spacial score (nSPS) is 18.7. The van der Waals surface area contributed by atoms with Gasteiger partial charge in [0.25, 0.3) is 0 Å². The fourth-order valence-corrected chi connectivity index (χ4v) is 3.44. The lowest BCUT2D eigenvalue weighted by molar-refractivity contribution is 0.0594. The van der Waals surface area contributed by atoms with Crippen molar-refractivity contribution >= 4 is 11.3 Å². The van der Waals surface area contributed by atoms with E-state index in [1.165, 1.54) is 36.1 Å². The Labute approximate surface area is 108 Å². The first-order valence-corrected chi connectivity index (χ1v) is 7.54. The SMILES string of the molecule is Cc1ccsc1C(C)NCCOC1CCCC1. The van der Waals surface area contributed by atoms with Crippen LogP contribution in [-0.4, -0.2) is 19.3 Å². The van der Waals surface area contributed by atoms with E-state index in [0.717, 1.165) is 13.2 Å². The summed E-state index contributed by atoms with van der Waals surface area (Å²) in [6.45, 7) is 6.21. The first-order valence-electron chi connectivity index (χ1n) is 6.66. The minimum atomic E-state index is 0.446. The molecule has 1 aliphatic carbocycles. The van der Waals surface area contributed by atoms with Gasteiger partial charge in [0.15, 0.2) is 0 Å². The molecule has 0 bridgehead atoms. The molecule has 1 heterocycles. The smallest absolute Gasteiger partial charge is 0.0594 e. The number of thiophene rings is 1. The Morgan fingerprint density at radius 1 is 1.47 bits per heavy atom. The van der Waals surface area contributed by atoms with E-state index < -0.39 is 0 Å². The molecule has 3 heteroatoms. The second-order valence-corrected chi connectivity index (χ2v) is 5.87. The van der Waals surface area contributed by atoms with E-state index in [0.29, 0.717) is 12.1 Å². The summed E-state index contributed by atoms with van der Waals surface area (Å²) in [6, 6.07) is 2.63. The largest absolute Gasteiger partial charge is 0.377 e. The van der Waals surface area contributed by atoms with Crippen LogP contribution in [0, 0.1) is 6.92 Å². The van der Waals surface area contributed by atoms with Crippen molar-refractivity contribution in [3.8, 4) is 0 Å². The third-order valence-corrected chi connectivity index (χ3v) is 4.70. The summed E-state index contributed by atoms with van der Waals surface area (Å²) >= 11 is 1.84. The van der Waals surface area contributed by atoms with Crippen molar-refractivity contribution in [2.24, 2.45) is 0 Å². The van der Waals surface area contributed by atoms with Gasteiger partial charge in [-0.2, -0.15) is 0 Å². The third-order valence-electron chi connectivity index (χ3n) is 3.50. The predicted molar refractivity (Wildman–Crippen MR) is 73.7 cm³/mol. The molecule has 0 radical (unpaired) electrons. The molecule has 1 fully saturated rings. The molecule has 0 aromatic carbocycles. The van der Waals surface area contributed by atoms with Gasteiger partial charge in [0.1, 0.15) is 0 Å². The zero-order valence-electron chi connectivity index (χ0n) is 10.9. The maximum absolute atomic E-state index is 5.84. The topological polar surface area (TPSA) is 21.3 Å². The molecule has 0 saturated heterocycles. The average molecular weight is 253 g/mol. The van der Waals surface area contributed by atoms with Crippen molar-refractivity contribution in [2.45, 2.75) is 51.7 Å². The fourth-order valence-electron chi connectivity index (χ4n) is 2.48. The summed E-state index contributed by atoms with van der Waals surface area (Å²) in [7, 11) is 0. The Morgan fingerprint density at radius 2 is 2.24 bits per heavy atom. The van der Waals surface area contributed by atoms with Gasteiger partial charge < -0.3 is 10.1 Å². The number of hydrogen-bond acceptors (Lipinski definition) is 3. The van der Waals surface area contributed by atoms with Crippen molar-refractivity contribution in [1.82, 2.24) is 5.32 Å². The van der Waals surface area contributed by atoms with Crippen molar-refractivity contribution in [3.05, 3.63) is 21.9 Å². The van der Waals surface area contributed by atoms with Crippen LogP contribution in [0.15, 0.2) is 11.4 Å². The minimum Gasteiger partial charge on any atom is -0.377 e. The van der Waals surface area contributed by atoms with E-state index in [-0.39, 0.29) is 0 Å². The molecule has 1 atom stereocenters. The van der Waals surface area contributed by atoms with Crippen molar-refractivity contribution in [1.29, 1.82) is 0 Å². The molecular formula is C14H23NOS. The average Bonchev–Trinajstić information content (AvgIpc) is 2.95. The Balaban J connectivity index is 1.63. The van der Waals surface area contributed by atoms with Gasteiger partial charge in [0.2, 0.25) is 0 Å². The summed E-state index contributed by atoms with van der Waals surface area (Å²) in [6.07, 6.45) is 5.76. The molecule has 2 nitrogen and oxygen atoms in total. The maximum Gasteiger partial charge on any atom is 0.0594 e. The van der Waals surface area contributed by atoms with Gasteiger partial charge in [-0.05, 0) is 43.7 Å². The Hall–Kier alpha value is -0.380. The van der Waals surface area contributed by atoms with Crippen LogP contribution in [0.4, 0.5) is 0 Å². The molecule has 1 N–H and O–H groups in total. The lowest BCUT2D eigenvalue weighted by Gasteiger charge is -2.15. The first kappa shape index (κ1) is 13.1. The molecule has 2 rings (SSSR count). The summed E-state index contributed by atoms with van der Waals surface area (Å²) < 4.78 is 5.84. The van der Waals surface area contributed by atoms with E-state index in [1.54, 1.807) is 0 Å². The predicted octanol–water partition coefficient (Wildman–Crippen LogP) is 3.67. The number of rotatable bonds is 6. The number of hydrogen-bond donors (Lipinski definition) is 1. The molecule has 1 aromatic rings. The summed E-state index contributed by atoms with van der Waals surface area (Å²) in [4.78, 5) is 1.45. The van der Waals surface area contributed by atoms with Crippen molar-refractivity contribution in [2.75, 3.05) is 13.2 Å². The van der Waals surface area contributed by atoms with Crippen LogP contribution in [0.5, 0.6) is 0 Å². The van der Waals surface area contributed by atoms with Gasteiger partial charge in [-0.25, -0.2) is 0 Å². The van der Waals surface area contributed by atoms with Crippen LogP contribution < -0.4 is 5.32 Å². The quantitative estimate of drug-likeness (QED) is 0.781. The first-order chi connectivity index (χ1) is 8.27. The second kappa shape index (κ2) is 6.53. The molecule has 1 aliphatic rings. The van der Waals surface area contributed by atoms with Crippen molar-refractivity contribution < 1.29 is 4.74 Å². The highest BCUT2D eigenvalue weighted by molar-refractivity contribution is 7.10. The molecule has 0 aliphatic heterocycles. The molecule has 1 aromatic heterocycles. The van der Waals surface area contributed by atoms with E-state index in [9.17, 15) is 0 Å². The fraction of sp³-hybridized carbons (Fsp3) is 0.714. The molecule has 1 saturated carbocycles. The highest BCUT2D eigenvalue weighted by atomic mass is 32.1. The van der Waals surface area contributed by atoms with Gasteiger partial charge in [-0.3, -0.25) is 0 Å². The monoisotopic (exact) mass is 253 g/mol. The summed E-state index contributed by atoms with van der Waals surface area (Å²) in [5, 5.41) is 5.70. The standard InChI is InChI=1S/C14H23NOS/c1-11-7-10-17-14(11)12(2)15-8-9-16-13-5-3-4-6-13/h7,10,12-13,15H,3-6,8-9H2,1-2H3. The van der Waals surface area contributed by atoms with E-state index in [2.05, 4.69) is 30.6 Å². The lowest BCUT2D eigenvalue weighted by Crippen LogP contribution is -2.24. The van der Waals surface area contributed by atoms with Gasteiger partial charge in [0, 0.05) is 17.5 Å². The molecular weight excluding hydrogens is 230 g/mol. The van der Waals surface area contributed by atoms with E-state index in [4.69, 9.17) is 4.74 Å². The van der Waals surface area contributed by atoms with Gasteiger partial charge in [-0.1, -0.05) is 12.8 Å². The van der Waals surface area contributed by atoms with Crippen LogP contribution in [0.1, 0.15) is 49.1 Å². The van der Waals surface area contributed by atoms with Gasteiger partial charge in [-0.15, -0.1) is 11.3 Å². The Morgan fingerprint density at radius 3 is 2.88 bits per heavy atom. The van der Waals surface area contributed by atoms with Crippen LogP contribution in [0.3, 0.4) is 0 Å². The number of nitrogens with one attached hydrogen (secondary N) is 1. The van der Waals surface area contributed by atoms with Gasteiger partial charge in [0.05, 0.1) is 12.7 Å². The zero-order valence-corrected chi connectivity index (χ0v) is 11.7. The van der Waals surface area contributed by atoms with E-state index in [1.807, 2.05) is 11.3 Å². The van der Waals surface area contributed by atoms with E-state index >= 15 is 0 Å². The zero-order chi connectivity index (χ0) is 12.1. The molecule has 17 heavy (non-hydrogen) atoms. The minimum absolute atomic E-state index is 0.446. The Bertz CT molecular complexity index is 331. The molecule has 0 spiro atoms. The lowest BCUT2D eigenvalue weighted by atomic mass is 10.2.